The van der Waals surface area contributed by atoms with E-state index < -0.39 is 12.6 Å². The maximum Gasteiger partial charge on any atom is 0.390 e. The van der Waals surface area contributed by atoms with Gasteiger partial charge in [0.1, 0.15) is 29.1 Å². The topological polar surface area (TPSA) is 76.4 Å². The van der Waals surface area contributed by atoms with Crippen LogP contribution in [-0.2, 0) is 0 Å². The van der Waals surface area contributed by atoms with Gasteiger partial charge in [0, 0.05) is 36.3 Å². The zero-order valence-electron chi connectivity index (χ0n) is 19.2. The number of benzene rings is 3. The molecule has 3 aromatic carbocycles. The largest absolute Gasteiger partial charge is 0.508 e. The third kappa shape index (κ3) is 5.56. The number of anilines is 1. The number of aromatic nitrogens is 2. The summed E-state index contributed by atoms with van der Waals surface area (Å²) in [4.78, 5) is 16.6. The van der Waals surface area contributed by atoms with Crippen molar-refractivity contribution in [2.45, 2.75) is 32.9 Å². The maximum absolute atomic E-state index is 12.7. The third-order valence-electron chi connectivity index (χ3n) is 5.53. The molecule has 0 amide bonds. The lowest BCUT2D eigenvalue weighted by molar-refractivity contribution is -0.131. The Balaban J connectivity index is 1.76. The van der Waals surface area contributed by atoms with Gasteiger partial charge < -0.3 is 15.2 Å². The van der Waals surface area contributed by atoms with Crippen molar-refractivity contribution in [3.05, 3.63) is 72.1 Å². The standard InChI is InChI=1S/C26H24F3N3O3/c1-3-24(34)21-9-4-17(12-16(21)2)32-15-31-25-22(30-11-10-26(27,28)29)13-20(14-23(25)32)35-19-7-5-18(33)6-8-19/h4-9,12-15,30,33H,3,10-11H2,1-2H3. The molecule has 0 spiro atoms. The normalized spacial score (nSPS) is 11.6. The molecule has 35 heavy (non-hydrogen) atoms. The van der Waals surface area contributed by atoms with Crippen molar-refractivity contribution in [1.82, 2.24) is 9.55 Å². The summed E-state index contributed by atoms with van der Waals surface area (Å²) in [5.41, 5.74) is 3.71. The predicted octanol–water partition coefficient (Wildman–Crippen LogP) is 6.79. The number of carbonyl (C=O) groups is 1. The summed E-state index contributed by atoms with van der Waals surface area (Å²) in [5, 5.41) is 12.3. The first kappa shape index (κ1) is 24.1. The molecule has 4 rings (SSSR count). The van der Waals surface area contributed by atoms with Gasteiger partial charge in [-0.05, 0) is 55.0 Å². The number of phenols is 1. The molecule has 0 saturated carbocycles. The number of hydrogen-bond acceptors (Lipinski definition) is 5. The van der Waals surface area contributed by atoms with E-state index in [0.29, 0.717) is 40.2 Å². The van der Waals surface area contributed by atoms with Crippen LogP contribution >= 0.6 is 0 Å². The third-order valence-corrected chi connectivity index (χ3v) is 5.53. The highest BCUT2D eigenvalue weighted by Crippen LogP contribution is 2.34. The lowest BCUT2D eigenvalue weighted by Gasteiger charge is -2.14. The van der Waals surface area contributed by atoms with E-state index in [1.807, 2.05) is 19.9 Å². The van der Waals surface area contributed by atoms with Gasteiger partial charge in [0.15, 0.2) is 5.78 Å². The van der Waals surface area contributed by atoms with E-state index in [2.05, 4.69) is 10.3 Å². The second kappa shape index (κ2) is 9.69. The van der Waals surface area contributed by atoms with Crippen LogP contribution in [0.1, 0.15) is 35.7 Å². The van der Waals surface area contributed by atoms with E-state index >= 15 is 0 Å². The Morgan fingerprint density at radius 3 is 2.49 bits per heavy atom. The van der Waals surface area contributed by atoms with Crippen LogP contribution in [0.15, 0.2) is 60.9 Å². The monoisotopic (exact) mass is 483 g/mol. The number of nitrogens with zero attached hydrogens (tertiary/aromatic N) is 2. The second-order valence-electron chi connectivity index (χ2n) is 8.12. The van der Waals surface area contributed by atoms with E-state index in [-0.39, 0.29) is 18.1 Å². The summed E-state index contributed by atoms with van der Waals surface area (Å²) in [6.45, 7) is 3.35. The van der Waals surface area contributed by atoms with Crippen LogP contribution in [0.4, 0.5) is 18.9 Å². The molecule has 1 aromatic heterocycles. The number of aryl methyl sites for hydroxylation is 1. The van der Waals surface area contributed by atoms with Crippen LogP contribution in [0.3, 0.4) is 0 Å². The molecule has 0 aliphatic carbocycles. The minimum Gasteiger partial charge on any atom is -0.508 e. The molecule has 4 aromatic rings. The number of alkyl halides is 3. The Morgan fingerprint density at radius 2 is 1.83 bits per heavy atom. The number of ketones is 1. The summed E-state index contributed by atoms with van der Waals surface area (Å²) in [5.74, 6) is 0.965. The van der Waals surface area contributed by atoms with Crippen molar-refractivity contribution in [1.29, 1.82) is 0 Å². The van der Waals surface area contributed by atoms with E-state index in [0.717, 1.165) is 11.3 Å². The Morgan fingerprint density at radius 1 is 1.09 bits per heavy atom. The lowest BCUT2D eigenvalue weighted by atomic mass is 10.0. The first-order valence-corrected chi connectivity index (χ1v) is 11.1. The van der Waals surface area contributed by atoms with E-state index in [9.17, 15) is 23.1 Å². The second-order valence-corrected chi connectivity index (χ2v) is 8.12. The SMILES string of the molecule is CCC(=O)c1ccc(-n2cnc3c(NCCC(F)(F)F)cc(Oc4ccc(O)cc4)cc32)cc1C. The van der Waals surface area contributed by atoms with Crippen molar-refractivity contribution in [3.8, 4) is 22.9 Å². The van der Waals surface area contributed by atoms with Gasteiger partial charge in [-0.15, -0.1) is 0 Å². The van der Waals surface area contributed by atoms with Gasteiger partial charge >= 0.3 is 6.18 Å². The molecule has 0 fully saturated rings. The molecule has 0 atom stereocenters. The average molecular weight is 483 g/mol. The smallest absolute Gasteiger partial charge is 0.390 e. The molecule has 0 aliphatic rings. The van der Waals surface area contributed by atoms with Crippen LogP contribution in [-0.4, -0.2) is 33.2 Å². The number of fused-ring (bicyclic) bond motifs is 1. The van der Waals surface area contributed by atoms with E-state index in [4.69, 9.17) is 4.74 Å². The van der Waals surface area contributed by atoms with Crippen molar-refractivity contribution >= 4 is 22.5 Å². The van der Waals surface area contributed by atoms with Crippen LogP contribution in [0.5, 0.6) is 17.2 Å². The lowest BCUT2D eigenvalue weighted by Crippen LogP contribution is -2.14. The highest BCUT2D eigenvalue weighted by atomic mass is 19.4. The number of nitrogens with one attached hydrogen (secondary N) is 1. The van der Waals surface area contributed by atoms with Gasteiger partial charge in [-0.3, -0.25) is 9.36 Å². The van der Waals surface area contributed by atoms with Gasteiger partial charge in [-0.2, -0.15) is 13.2 Å². The van der Waals surface area contributed by atoms with Crippen LogP contribution in [0.25, 0.3) is 16.7 Å². The molecule has 9 heteroatoms. The molecule has 2 N–H and O–H groups in total. The Labute approximate surface area is 200 Å². The van der Waals surface area contributed by atoms with Gasteiger partial charge in [-0.25, -0.2) is 4.98 Å². The molecular formula is C26H24F3N3O3. The van der Waals surface area contributed by atoms with Crippen molar-refractivity contribution in [2.75, 3.05) is 11.9 Å². The minimum atomic E-state index is -4.29. The quantitative estimate of drug-likeness (QED) is 0.270. The number of aromatic hydroxyl groups is 1. The summed E-state index contributed by atoms with van der Waals surface area (Å²) < 4.78 is 45.9. The zero-order chi connectivity index (χ0) is 25.2. The zero-order valence-corrected chi connectivity index (χ0v) is 19.2. The Hall–Kier alpha value is -4.01. The molecule has 0 saturated heterocycles. The molecule has 182 valence electrons. The maximum atomic E-state index is 12.7. The molecule has 0 aliphatic heterocycles. The fraction of sp³-hybridized carbons (Fsp3) is 0.231. The van der Waals surface area contributed by atoms with Gasteiger partial charge in [0.2, 0.25) is 0 Å². The highest BCUT2D eigenvalue weighted by molar-refractivity contribution is 5.97. The first-order chi connectivity index (χ1) is 16.6. The first-order valence-electron chi connectivity index (χ1n) is 11.1. The van der Waals surface area contributed by atoms with Crippen molar-refractivity contribution in [3.63, 3.8) is 0 Å². The van der Waals surface area contributed by atoms with Crippen LogP contribution in [0, 0.1) is 6.92 Å². The van der Waals surface area contributed by atoms with Crippen LogP contribution in [0.2, 0.25) is 0 Å². The molecule has 0 bridgehead atoms. The van der Waals surface area contributed by atoms with Gasteiger partial charge in [0.05, 0.1) is 17.6 Å². The number of ether oxygens (including phenoxy) is 1. The molecular weight excluding hydrogens is 459 g/mol. The Kier molecular flexibility index (Phi) is 6.68. The number of Topliss-reactive ketones (excluding diaryl/α,β-unsaturated/α-hetero) is 1. The van der Waals surface area contributed by atoms with E-state index in [1.165, 1.54) is 12.1 Å². The number of imidazole rings is 1. The summed E-state index contributed by atoms with van der Waals surface area (Å²) >= 11 is 0. The minimum absolute atomic E-state index is 0.0466. The number of halogens is 3. The summed E-state index contributed by atoms with van der Waals surface area (Å²) in [6, 6.07) is 14.9. The Bertz CT molecular complexity index is 1360. The summed E-state index contributed by atoms with van der Waals surface area (Å²) in [6.07, 6.45) is -3.30. The number of hydrogen-bond donors (Lipinski definition) is 2. The van der Waals surface area contributed by atoms with E-state index in [1.54, 1.807) is 47.3 Å². The number of phenolic OH excluding ortho intramolecular Hbond substituents is 1. The number of carbonyl (C=O) groups excluding carboxylic acids is 1. The average Bonchev–Trinajstić information content (AvgIpc) is 3.23. The van der Waals surface area contributed by atoms with Gasteiger partial charge in [-0.1, -0.05) is 6.92 Å². The van der Waals surface area contributed by atoms with Crippen LogP contribution < -0.4 is 10.1 Å². The number of rotatable bonds is 8. The predicted molar refractivity (Wildman–Crippen MR) is 128 cm³/mol. The molecule has 0 unspecified atom stereocenters. The molecule has 6 nitrogen and oxygen atoms in total. The van der Waals surface area contributed by atoms with Crippen molar-refractivity contribution in [2.24, 2.45) is 0 Å². The summed E-state index contributed by atoms with van der Waals surface area (Å²) in [7, 11) is 0. The van der Waals surface area contributed by atoms with Crippen molar-refractivity contribution < 1.29 is 27.8 Å². The highest BCUT2D eigenvalue weighted by Gasteiger charge is 2.26. The van der Waals surface area contributed by atoms with Gasteiger partial charge in [0.25, 0.3) is 0 Å². The fourth-order valence-corrected chi connectivity index (χ4v) is 3.78. The fourth-order valence-electron chi connectivity index (χ4n) is 3.78. The molecule has 0 radical (unpaired) electrons. The molecule has 1 heterocycles.